The lowest BCUT2D eigenvalue weighted by Gasteiger charge is -2.35. The smallest absolute Gasteiger partial charge is 0.410 e. The number of halogens is 2. The zero-order valence-electron chi connectivity index (χ0n) is 23.3. The highest BCUT2D eigenvalue weighted by molar-refractivity contribution is 6.42. The van der Waals surface area contributed by atoms with Gasteiger partial charge in [0.1, 0.15) is 17.0 Å². The van der Waals surface area contributed by atoms with Gasteiger partial charge >= 0.3 is 6.09 Å². The van der Waals surface area contributed by atoms with Crippen molar-refractivity contribution in [2.45, 2.75) is 26.4 Å². The Morgan fingerprint density at radius 3 is 2.24 bits per heavy atom. The van der Waals surface area contributed by atoms with Crippen LogP contribution in [0, 0.1) is 0 Å². The van der Waals surface area contributed by atoms with Crippen LogP contribution in [-0.2, 0) is 11.8 Å². The predicted molar refractivity (Wildman–Crippen MR) is 161 cm³/mol. The zero-order valence-corrected chi connectivity index (χ0v) is 24.8. The molecular formula is C30H31Cl2N5O4. The third kappa shape index (κ3) is 6.69. The van der Waals surface area contributed by atoms with Crippen molar-refractivity contribution < 1.29 is 19.1 Å². The lowest BCUT2D eigenvalue weighted by atomic mass is 10.2. The molecule has 0 aliphatic carbocycles. The van der Waals surface area contributed by atoms with Crippen molar-refractivity contribution in [2.24, 2.45) is 7.05 Å². The third-order valence-electron chi connectivity index (χ3n) is 6.62. The van der Waals surface area contributed by atoms with E-state index in [1.54, 1.807) is 34.2 Å². The van der Waals surface area contributed by atoms with E-state index in [-0.39, 0.29) is 12.0 Å². The Kier molecular flexibility index (Phi) is 8.02. The van der Waals surface area contributed by atoms with E-state index in [1.165, 1.54) is 0 Å². The standard InChI is InChI=1S/C30H31Cl2N5O4/c1-30(2,3)41-29(39)37-13-11-36(12-14-37)28(38)26-16-19-15-22(7-9-25(19)35(26)4)40-27-10-6-21(18-33-27)34-20-5-8-23(31)24(32)17-20/h5-10,15-18,34H,11-14H2,1-4H3. The summed E-state index contributed by atoms with van der Waals surface area (Å²) in [5, 5.41) is 5.05. The first-order valence-corrected chi connectivity index (χ1v) is 13.9. The number of carbonyl (C=O) groups is 2. The average molecular weight is 597 g/mol. The number of fused-ring (bicyclic) bond motifs is 1. The second kappa shape index (κ2) is 11.5. The second-order valence-electron chi connectivity index (χ2n) is 10.8. The van der Waals surface area contributed by atoms with Gasteiger partial charge in [0.05, 0.1) is 21.9 Å². The van der Waals surface area contributed by atoms with Gasteiger partial charge in [-0.1, -0.05) is 23.2 Å². The molecule has 0 unspecified atom stereocenters. The molecule has 1 aliphatic heterocycles. The number of rotatable bonds is 5. The Hall–Kier alpha value is -3.95. The molecule has 1 aliphatic rings. The molecule has 0 bridgehead atoms. The molecule has 0 saturated carbocycles. The molecule has 41 heavy (non-hydrogen) atoms. The number of nitrogens with zero attached hydrogens (tertiary/aromatic N) is 4. The number of pyridine rings is 1. The molecule has 2 amide bonds. The highest BCUT2D eigenvalue weighted by Crippen LogP contribution is 2.30. The van der Waals surface area contributed by atoms with E-state index < -0.39 is 5.60 Å². The molecule has 214 valence electrons. The van der Waals surface area contributed by atoms with Crippen molar-refractivity contribution in [3.63, 3.8) is 0 Å². The molecule has 0 radical (unpaired) electrons. The van der Waals surface area contributed by atoms with Crippen molar-refractivity contribution >= 4 is 57.5 Å². The van der Waals surface area contributed by atoms with Crippen molar-refractivity contribution in [1.82, 2.24) is 19.4 Å². The van der Waals surface area contributed by atoms with E-state index in [0.29, 0.717) is 53.5 Å². The van der Waals surface area contributed by atoms with Gasteiger partial charge in [-0.15, -0.1) is 0 Å². The summed E-state index contributed by atoms with van der Waals surface area (Å²) < 4.78 is 13.3. The zero-order chi connectivity index (χ0) is 29.3. The van der Waals surface area contributed by atoms with Crippen molar-refractivity contribution in [3.8, 4) is 11.6 Å². The quantitative estimate of drug-likeness (QED) is 0.264. The average Bonchev–Trinajstić information content (AvgIpc) is 3.26. The summed E-state index contributed by atoms with van der Waals surface area (Å²) in [5.74, 6) is 0.951. The van der Waals surface area contributed by atoms with Crippen LogP contribution in [0.1, 0.15) is 31.3 Å². The number of piperazine rings is 1. The topological polar surface area (TPSA) is 88.9 Å². The van der Waals surface area contributed by atoms with Gasteiger partial charge in [0.15, 0.2) is 0 Å². The maximum absolute atomic E-state index is 13.4. The summed E-state index contributed by atoms with van der Waals surface area (Å²) in [6.07, 6.45) is 1.31. The minimum Gasteiger partial charge on any atom is -0.444 e. The fourth-order valence-corrected chi connectivity index (χ4v) is 4.85. The normalized spacial score (nSPS) is 13.8. The summed E-state index contributed by atoms with van der Waals surface area (Å²) in [4.78, 5) is 33.6. The van der Waals surface area contributed by atoms with Crippen molar-refractivity contribution in [2.75, 3.05) is 31.5 Å². The molecule has 5 rings (SSSR count). The molecule has 0 spiro atoms. The van der Waals surface area contributed by atoms with Crippen LogP contribution in [-0.4, -0.2) is 63.1 Å². The van der Waals surface area contributed by atoms with Crippen LogP contribution >= 0.6 is 23.2 Å². The first kappa shape index (κ1) is 28.6. The monoisotopic (exact) mass is 595 g/mol. The Labute approximate surface area is 248 Å². The Bertz CT molecular complexity index is 1590. The van der Waals surface area contributed by atoms with Gasteiger partial charge in [-0.2, -0.15) is 0 Å². The summed E-state index contributed by atoms with van der Waals surface area (Å²) in [7, 11) is 1.87. The maximum Gasteiger partial charge on any atom is 0.410 e. The Morgan fingerprint density at radius 1 is 0.878 bits per heavy atom. The van der Waals surface area contributed by atoms with Gasteiger partial charge in [-0.3, -0.25) is 4.79 Å². The fourth-order valence-electron chi connectivity index (χ4n) is 4.55. The fraction of sp³-hybridized carbons (Fsp3) is 0.300. The number of carbonyl (C=O) groups excluding carboxylic acids is 2. The molecule has 1 saturated heterocycles. The van der Waals surface area contributed by atoms with E-state index in [0.717, 1.165) is 22.3 Å². The van der Waals surface area contributed by atoms with E-state index in [4.69, 9.17) is 32.7 Å². The van der Waals surface area contributed by atoms with Gasteiger partial charge in [0.2, 0.25) is 5.88 Å². The SMILES string of the molecule is Cn1c(C(=O)N2CCN(C(=O)OC(C)(C)C)CC2)cc2cc(Oc3ccc(Nc4ccc(Cl)c(Cl)c4)cn3)ccc21. The minimum atomic E-state index is -0.556. The van der Waals surface area contributed by atoms with Gasteiger partial charge in [-0.05, 0) is 69.3 Å². The predicted octanol–water partition coefficient (Wildman–Crippen LogP) is 7.11. The van der Waals surface area contributed by atoms with Gasteiger partial charge in [0.25, 0.3) is 5.91 Å². The Morgan fingerprint density at radius 2 is 1.59 bits per heavy atom. The van der Waals surface area contributed by atoms with E-state index in [2.05, 4.69) is 10.3 Å². The van der Waals surface area contributed by atoms with Crippen LogP contribution in [0.3, 0.4) is 0 Å². The number of benzene rings is 2. The molecule has 0 atom stereocenters. The summed E-state index contributed by atoms with van der Waals surface area (Å²) >= 11 is 12.1. The van der Waals surface area contributed by atoms with Crippen LogP contribution in [0.15, 0.2) is 60.8 Å². The molecular weight excluding hydrogens is 565 g/mol. The highest BCUT2D eigenvalue weighted by atomic mass is 35.5. The number of aryl methyl sites for hydroxylation is 1. The first-order chi connectivity index (χ1) is 19.5. The van der Waals surface area contributed by atoms with Crippen molar-refractivity contribution in [1.29, 1.82) is 0 Å². The number of amides is 2. The lowest BCUT2D eigenvalue weighted by molar-refractivity contribution is 0.0139. The minimum absolute atomic E-state index is 0.0817. The molecule has 2 aromatic carbocycles. The number of hydrogen-bond donors (Lipinski definition) is 1. The largest absolute Gasteiger partial charge is 0.444 e. The van der Waals surface area contributed by atoms with Crippen LogP contribution in [0.5, 0.6) is 11.6 Å². The second-order valence-corrected chi connectivity index (χ2v) is 11.6. The van der Waals surface area contributed by atoms with Gasteiger partial charge in [-0.25, -0.2) is 9.78 Å². The van der Waals surface area contributed by atoms with Crippen LogP contribution < -0.4 is 10.1 Å². The van der Waals surface area contributed by atoms with Crippen LogP contribution in [0.2, 0.25) is 10.0 Å². The summed E-state index contributed by atoms with van der Waals surface area (Å²) in [6, 6.07) is 16.4. The first-order valence-electron chi connectivity index (χ1n) is 13.2. The van der Waals surface area contributed by atoms with Gasteiger partial charge < -0.3 is 29.2 Å². The molecule has 2 aromatic heterocycles. The van der Waals surface area contributed by atoms with E-state index in [1.807, 2.05) is 68.8 Å². The molecule has 4 aromatic rings. The molecule has 1 N–H and O–H groups in total. The molecule has 9 nitrogen and oxygen atoms in total. The lowest BCUT2D eigenvalue weighted by Crippen LogP contribution is -2.51. The van der Waals surface area contributed by atoms with E-state index in [9.17, 15) is 9.59 Å². The summed E-state index contributed by atoms with van der Waals surface area (Å²) in [6.45, 7) is 7.25. The number of aromatic nitrogens is 2. The number of hydrogen-bond acceptors (Lipinski definition) is 6. The van der Waals surface area contributed by atoms with E-state index >= 15 is 0 Å². The highest BCUT2D eigenvalue weighted by Gasteiger charge is 2.29. The molecule has 1 fully saturated rings. The van der Waals surface area contributed by atoms with Crippen LogP contribution in [0.4, 0.5) is 16.2 Å². The maximum atomic E-state index is 13.4. The molecule has 3 heterocycles. The van der Waals surface area contributed by atoms with Gasteiger partial charge in [0, 0.05) is 55.9 Å². The number of nitrogens with one attached hydrogen (secondary N) is 1. The number of anilines is 2. The number of ether oxygens (including phenoxy) is 2. The summed E-state index contributed by atoms with van der Waals surface area (Å²) in [5.41, 5.74) is 2.48. The van der Waals surface area contributed by atoms with Crippen molar-refractivity contribution in [3.05, 3.63) is 76.5 Å². The third-order valence-corrected chi connectivity index (χ3v) is 7.36. The Balaban J connectivity index is 1.23. The van der Waals surface area contributed by atoms with Crippen LogP contribution in [0.25, 0.3) is 10.9 Å². The molecule has 11 heteroatoms.